The lowest BCUT2D eigenvalue weighted by atomic mass is 10.0. The maximum Gasteiger partial charge on any atom is 0.340 e. The summed E-state index contributed by atoms with van der Waals surface area (Å²) < 4.78 is 7.94. The minimum absolute atomic E-state index is 0.283. The van der Waals surface area contributed by atoms with Gasteiger partial charge in [-0.2, -0.15) is 0 Å². The van der Waals surface area contributed by atoms with Crippen molar-refractivity contribution >= 4 is 33.9 Å². The number of aromatic nitrogens is 1. The van der Waals surface area contributed by atoms with Crippen molar-refractivity contribution in [2.24, 2.45) is 0 Å². The number of rotatable bonds is 3. The molecule has 1 aliphatic rings. The van der Waals surface area contributed by atoms with E-state index in [0.29, 0.717) is 11.3 Å². The Morgan fingerprint density at radius 2 is 1.85 bits per heavy atom. The molecule has 134 valence electrons. The Balaban J connectivity index is 2.10. The van der Waals surface area contributed by atoms with Crippen molar-refractivity contribution in [3.8, 4) is 5.69 Å². The average Bonchev–Trinajstić information content (AvgIpc) is 3.04. The lowest BCUT2D eigenvalue weighted by Crippen LogP contribution is -2.15. The van der Waals surface area contributed by atoms with E-state index >= 15 is 0 Å². The summed E-state index contributed by atoms with van der Waals surface area (Å²) in [6, 6.07) is 10.0. The van der Waals surface area contributed by atoms with Gasteiger partial charge in [0.2, 0.25) is 0 Å². The van der Waals surface area contributed by atoms with Crippen LogP contribution in [-0.2, 0) is 14.3 Å². The Kier molecular flexibility index (Phi) is 4.87. The van der Waals surface area contributed by atoms with Crippen molar-refractivity contribution in [2.75, 3.05) is 7.11 Å². The highest BCUT2D eigenvalue weighted by Gasteiger charge is 2.31. The second-order valence-corrected chi connectivity index (χ2v) is 7.06. The molecule has 1 N–H and O–H groups in total. The third-order valence-corrected chi connectivity index (χ3v) is 4.96. The first-order valence-electron chi connectivity index (χ1n) is 8.11. The standard InChI is InChI=1S/C20H19BrN2O3/c1-11-9-14(13(3)23(11)16-7-5-15(21)6-8-16)10-17-18(20(25)26-4)12(2)22-19(17)24/h5-10H,1-4H3,(H,22,24)/b17-10-. The van der Waals surface area contributed by atoms with Crippen LogP contribution in [0.15, 0.2) is 51.6 Å². The summed E-state index contributed by atoms with van der Waals surface area (Å²) in [5.74, 6) is -0.815. The van der Waals surface area contributed by atoms with E-state index in [2.05, 4.69) is 25.8 Å². The molecule has 0 radical (unpaired) electrons. The van der Waals surface area contributed by atoms with Gasteiger partial charge in [0.25, 0.3) is 5.91 Å². The van der Waals surface area contributed by atoms with Crippen LogP contribution in [0.2, 0.25) is 0 Å². The van der Waals surface area contributed by atoms with Crippen molar-refractivity contribution in [1.29, 1.82) is 0 Å². The Hall–Kier alpha value is -2.60. The number of amides is 1. The maximum absolute atomic E-state index is 12.3. The number of nitrogens with zero attached hydrogens (tertiary/aromatic N) is 1. The van der Waals surface area contributed by atoms with Crippen LogP contribution in [0.3, 0.4) is 0 Å². The van der Waals surface area contributed by atoms with E-state index in [1.54, 1.807) is 13.0 Å². The fourth-order valence-electron chi connectivity index (χ4n) is 3.20. The van der Waals surface area contributed by atoms with Gasteiger partial charge in [0, 0.05) is 27.2 Å². The molecule has 2 aromatic rings. The molecule has 0 saturated heterocycles. The molecule has 0 aliphatic carbocycles. The van der Waals surface area contributed by atoms with E-state index in [1.807, 2.05) is 44.2 Å². The van der Waals surface area contributed by atoms with Crippen LogP contribution in [0.5, 0.6) is 0 Å². The van der Waals surface area contributed by atoms with Gasteiger partial charge in [-0.25, -0.2) is 4.79 Å². The van der Waals surface area contributed by atoms with E-state index in [1.165, 1.54) is 7.11 Å². The third-order valence-electron chi connectivity index (χ3n) is 4.43. The molecule has 1 aromatic heterocycles. The molecule has 0 saturated carbocycles. The summed E-state index contributed by atoms with van der Waals surface area (Å²) >= 11 is 3.45. The van der Waals surface area contributed by atoms with E-state index in [0.717, 1.165) is 27.1 Å². The first-order valence-corrected chi connectivity index (χ1v) is 8.90. The van der Waals surface area contributed by atoms with E-state index < -0.39 is 5.97 Å². The van der Waals surface area contributed by atoms with Crippen LogP contribution in [-0.4, -0.2) is 23.6 Å². The lowest BCUT2D eigenvalue weighted by Gasteiger charge is -2.10. The van der Waals surface area contributed by atoms with Crippen molar-refractivity contribution in [3.63, 3.8) is 0 Å². The number of carbonyl (C=O) groups is 2. The number of hydrogen-bond acceptors (Lipinski definition) is 3. The molecule has 1 aromatic carbocycles. The number of carbonyl (C=O) groups excluding carboxylic acids is 2. The second kappa shape index (κ2) is 6.96. The van der Waals surface area contributed by atoms with Gasteiger partial charge in [-0.05, 0) is 62.7 Å². The maximum atomic E-state index is 12.3. The molecule has 5 nitrogen and oxygen atoms in total. The van der Waals surface area contributed by atoms with Crippen LogP contribution >= 0.6 is 15.9 Å². The van der Waals surface area contributed by atoms with Crippen LogP contribution in [0.4, 0.5) is 0 Å². The number of esters is 1. The van der Waals surface area contributed by atoms with Gasteiger partial charge in [-0.15, -0.1) is 0 Å². The van der Waals surface area contributed by atoms with Crippen molar-refractivity contribution < 1.29 is 14.3 Å². The quantitative estimate of drug-likeness (QED) is 0.613. The van der Waals surface area contributed by atoms with Gasteiger partial charge in [-0.1, -0.05) is 15.9 Å². The molecule has 0 unspecified atom stereocenters. The first-order chi connectivity index (χ1) is 12.3. The zero-order valence-corrected chi connectivity index (χ0v) is 16.6. The Morgan fingerprint density at radius 1 is 1.19 bits per heavy atom. The normalized spacial score (nSPS) is 15.6. The monoisotopic (exact) mass is 414 g/mol. The molecule has 3 rings (SSSR count). The Bertz CT molecular complexity index is 966. The van der Waals surface area contributed by atoms with Crippen LogP contribution in [0.1, 0.15) is 23.9 Å². The number of ether oxygens (including phenoxy) is 1. The summed E-state index contributed by atoms with van der Waals surface area (Å²) in [5, 5.41) is 2.69. The number of hydrogen-bond donors (Lipinski definition) is 1. The topological polar surface area (TPSA) is 60.3 Å². The van der Waals surface area contributed by atoms with Gasteiger partial charge in [0.15, 0.2) is 0 Å². The fraction of sp³-hybridized carbons (Fsp3) is 0.200. The predicted octanol–water partition coefficient (Wildman–Crippen LogP) is 3.82. The predicted molar refractivity (Wildman–Crippen MR) is 104 cm³/mol. The van der Waals surface area contributed by atoms with Gasteiger partial charge in [-0.3, -0.25) is 4.79 Å². The summed E-state index contributed by atoms with van der Waals surface area (Å²) in [7, 11) is 1.31. The Morgan fingerprint density at radius 3 is 2.46 bits per heavy atom. The number of halogens is 1. The molecule has 2 heterocycles. The van der Waals surface area contributed by atoms with Crippen LogP contribution in [0, 0.1) is 13.8 Å². The Labute approximate surface area is 160 Å². The first kappa shape index (κ1) is 18.2. The van der Waals surface area contributed by atoms with E-state index in [9.17, 15) is 9.59 Å². The highest BCUT2D eigenvalue weighted by atomic mass is 79.9. The van der Waals surface area contributed by atoms with Gasteiger partial charge >= 0.3 is 5.97 Å². The molecular formula is C20H19BrN2O3. The van der Waals surface area contributed by atoms with Gasteiger partial charge < -0.3 is 14.6 Å². The number of methoxy groups -OCH3 is 1. The highest BCUT2D eigenvalue weighted by molar-refractivity contribution is 9.10. The average molecular weight is 415 g/mol. The van der Waals surface area contributed by atoms with Gasteiger partial charge in [0.1, 0.15) is 0 Å². The molecule has 0 atom stereocenters. The largest absolute Gasteiger partial charge is 0.465 e. The SMILES string of the molecule is COC(=O)C1=C(C)NC(=O)/C1=C\c1cc(C)n(-c2ccc(Br)cc2)c1C. The number of allylic oxidation sites excluding steroid dienone is 1. The highest BCUT2D eigenvalue weighted by Crippen LogP contribution is 2.28. The van der Waals surface area contributed by atoms with Crippen molar-refractivity contribution in [1.82, 2.24) is 9.88 Å². The summed E-state index contributed by atoms with van der Waals surface area (Å²) in [4.78, 5) is 24.3. The summed E-state index contributed by atoms with van der Waals surface area (Å²) in [6.45, 7) is 5.69. The third kappa shape index (κ3) is 3.12. The minimum Gasteiger partial charge on any atom is -0.465 e. The molecule has 0 fully saturated rings. The molecule has 1 aliphatic heterocycles. The van der Waals surface area contributed by atoms with Crippen molar-refractivity contribution in [2.45, 2.75) is 20.8 Å². The molecule has 6 heteroatoms. The molecule has 1 amide bonds. The van der Waals surface area contributed by atoms with Crippen molar-refractivity contribution in [3.05, 3.63) is 68.6 Å². The number of aryl methyl sites for hydroxylation is 1. The van der Waals surface area contributed by atoms with Crippen LogP contribution < -0.4 is 5.32 Å². The van der Waals surface area contributed by atoms with Crippen LogP contribution in [0.25, 0.3) is 11.8 Å². The summed E-state index contributed by atoms with van der Waals surface area (Å²) in [6.07, 6.45) is 1.75. The molecule has 0 spiro atoms. The minimum atomic E-state index is -0.520. The zero-order valence-electron chi connectivity index (χ0n) is 15.0. The fourth-order valence-corrected chi connectivity index (χ4v) is 3.46. The second-order valence-electron chi connectivity index (χ2n) is 6.14. The smallest absolute Gasteiger partial charge is 0.340 e. The molecular weight excluding hydrogens is 396 g/mol. The number of benzene rings is 1. The molecule has 0 bridgehead atoms. The van der Waals surface area contributed by atoms with Gasteiger partial charge in [0.05, 0.1) is 18.3 Å². The molecule has 26 heavy (non-hydrogen) atoms. The lowest BCUT2D eigenvalue weighted by molar-refractivity contribution is -0.136. The van der Waals surface area contributed by atoms with E-state index in [4.69, 9.17) is 4.74 Å². The zero-order chi connectivity index (χ0) is 19.0. The number of nitrogens with one attached hydrogen (secondary N) is 1. The van der Waals surface area contributed by atoms with E-state index in [-0.39, 0.29) is 11.5 Å². The summed E-state index contributed by atoms with van der Waals surface area (Å²) in [5.41, 5.74) is 5.05.